The van der Waals surface area contributed by atoms with E-state index < -0.39 is 23.4 Å². The number of carbonyl (C=O) groups excluding carboxylic acids is 1. The van der Waals surface area contributed by atoms with E-state index in [1.54, 1.807) is 20.8 Å². The maximum atomic E-state index is 13.7. The molecular formula is C14H18ClFN2O3. The van der Waals surface area contributed by atoms with Crippen molar-refractivity contribution in [1.82, 2.24) is 4.90 Å². The van der Waals surface area contributed by atoms with Crippen molar-refractivity contribution in [3.8, 4) is 0 Å². The van der Waals surface area contributed by atoms with Gasteiger partial charge < -0.3 is 15.3 Å². The van der Waals surface area contributed by atoms with E-state index in [-0.39, 0.29) is 23.7 Å². The van der Waals surface area contributed by atoms with E-state index in [1.807, 2.05) is 0 Å². The van der Waals surface area contributed by atoms with Crippen molar-refractivity contribution >= 4 is 29.3 Å². The van der Waals surface area contributed by atoms with Crippen LogP contribution < -0.4 is 5.32 Å². The number of nitrogens with one attached hydrogen (secondary N) is 1. The maximum absolute atomic E-state index is 13.7. The van der Waals surface area contributed by atoms with Gasteiger partial charge in [0.25, 0.3) is 0 Å². The van der Waals surface area contributed by atoms with Gasteiger partial charge in [0.05, 0.1) is 12.1 Å². The lowest BCUT2D eigenvalue weighted by atomic mass is 10.1. The molecule has 1 aromatic carbocycles. The first-order chi connectivity index (χ1) is 9.61. The Balaban J connectivity index is 2.88. The van der Waals surface area contributed by atoms with Gasteiger partial charge in [0, 0.05) is 17.1 Å². The van der Waals surface area contributed by atoms with Crippen molar-refractivity contribution in [3.63, 3.8) is 0 Å². The van der Waals surface area contributed by atoms with E-state index in [2.05, 4.69) is 5.32 Å². The van der Waals surface area contributed by atoms with Crippen molar-refractivity contribution < 1.29 is 19.1 Å². The number of hydrogen-bond acceptors (Lipinski definition) is 2. The molecule has 1 aromatic rings. The summed E-state index contributed by atoms with van der Waals surface area (Å²) in [5.41, 5.74) is -0.600. The average molecular weight is 317 g/mol. The van der Waals surface area contributed by atoms with Crippen molar-refractivity contribution in [3.05, 3.63) is 29.0 Å². The van der Waals surface area contributed by atoms with Gasteiger partial charge in [-0.05, 0) is 39.0 Å². The summed E-state index contributed by atoms with van der Waals surface area (Å²) >= 11 is 5.64. The number of carboxylic acid groups (broad SMARTS) is 1. The summed E-state index contributed by atoms with van der Waals surface area (Å²) in [7, 11) is 0. The monoisotopic (exact) mass is 316 g/mol. The predicted octanol–water partition coefficient (Wildman–Crippen LogP) is 3.59. The molecule has 0 aliphatic carbocycles. The molecule has 0 unspecified atom stereocenters. The van der Waals surface area contributed by atoms with Gasteiger partial charge in [-0.25, -0.2) is 9.18 Å². The van der Waals surface area contributed by atoms with Gasteiger partial charge in [0.15, 0.2) is 0 Å². The molecule has 2 N–H and O–H groups in total. The average Bonchev–Trinajstić information content (AvgIpc) is 2.30. The predicted molar refractivity (Wildman–Crippen MR) is 79.1 cm³/mol. The molecule has 1 rings (SSSR count). The number of hydrogen-bond donors (Lipinski definition) is 2. The molecule has 0 bridgehead atoms. The first-order valence-electron chi connectivity index (χ1n) is 6.36. The Bertz CT molecular complexity index is 544. The highest BCUT2D eigenvalue weighted by Crippen LogP contribution is 2.21. The number of amides is 2. The number of rotatable bonds is 4. The Morgan fingerprint density at radius 3 is 2.48 bits per heavy atom. The Labute approximate surface area is 127 Å². The second kappa shape index (κ2) is 6.76. The molecule has 0 heterocycles. The van der Waals surface area contributed by atoms with E-state index in [9.17, 15) is 14.0 Å². The van der Waals surface area contributed by atoms with Crippen LogP contribution in [0.4, 0.5) is 14.9 Å². The van der Waals surface area contributed by atoms with Crippen LogP contribution in [0.1, 0.15) is 27.2 Å². The van der Waals surface area contributed by atoms with E-state index in [0.29, 0.717) is 0 Å². The molecule has 0 fully saturated rings. The fourth-order valence-corrected chi connectivity index (χ4v) is 1.88. The zero-order valence-electron chi connectivity index (χ0n) is 12.1. The smallest absolute Gasteiger partial charge is 0.322 e. The van der Waals surface area contributed by atoms with Crippen molar-refractivity contribution in [1.29, 1.82) is 0 Å². The van der Waals surface area contributed by atoms with Crippen LogP contribution in [0.2, 0.25) is 5.02 Å². The first-order valence-corrected chi connectivity index (χ1v) is 6.74. The van der Waals surface area contributed by atoms with Gasteiger partial charge in [-0.2, -0.15) is 0 Å². The molecule has 0 saturated heterocycles. The minimum atomic E-state index is -1.00. The second-order valence-corrected chi connectivity index (χ2v) is 5.96. The first kappa shape index (κ1) is 17.2. The van der Waals surface area contributed by atoms with Gasteiger partial charge in [-0.1, -0.05) is 11.6 Å². The lowest BCUT2D eigenvalue weighted by Crippen LogP contribution is -2.48. The summed E-state index contributed by atoms with van der Waals surface area (Å²) in [5, 5.41) is 11.4. The van der Waals surface area contributed by atoms with Gasteiger partial charge in [-0.15, -0.1) is 0 Å². The van der Waals surface area contributed by atoms with E-state index in [1.165, 1.54) is 17.0 Å². The quantitative estimate of drug-likeness (QED) is 0.892. The summed E-state index contributed by atoms with van der Waals surface area (Å²) < 4.78 is 13.7. The Hall–Kier alpha value is -1.82. The minimum absolute atomic E-state index is 0.00558. The summed E-state index contributed by atoms with van der Waals surface area (Å²) in [6.45, 7) is 5.34. The van der Waals surface area contributed by atoms with E-state index >= 15 is 0 Å². The van der Waals surface area contributed by atoms with Crippen LogP contribution in [0.5, 0.6) is 0 Å². The van der Waals surface area contributed by atoms with Crippen LogP contribution in [0, 0.1) is 5.82 Å². The summed E-state index contributed by atoms with van der Waals surface area (Å²) in [6.07, 6.45) is -0.187. The lowest BCUT2D eigenvalue weighted by Gasteiger charge is -2.35. The number of carbonyl (C=O) groups is 2. The molecule has 0 spiro atoms. The number of halogens is 2. The van der Waals surface area contributed by atoms with Crippen LogP contribution in [0.15, 0.2) is 18.2 Å². The number of carboxylic acids is 1. The highest BCUT2D eigenvalue weighted by molar-refractivity contribution is 6.30. The molecule has 7 heteroatoms. The summed E-state index contributed by atoms with van der Waals surface area (Å²) in [5.74, 6) is -1.65. The Morgan fingerprint density at radius 2 is 2.00 bits per heavy atom. The van der Waals surface area contributed by atoms with Crippen LogP contribution in [-0.4, -0.2) is 34.1 Å². The number of anilines is 1. The highest BCUT2D eigenvalue weighted by atomic mass is 35.5. The second-order valence-electron chi connectivity index (χ2n) is 5.52. The maximum Gasteiger partial charge on any atom is 0.322 e. The largest absolute Gasteiger partial charge is 0.481 e. The van der Waals surface area contributed by atoms with Gasteiger partial charge in [-0.3, -0.25) is 4.79 Å². The van der Waals surface area contributed by atoms with Crippen molar-refractivity contribution in [2.45, 2.75) is 32.7 Å². The fourth-order valence-electron chi connectivity index (χ4n) is 1.72. The number of urea groups is 1. The van der Waals surface area contributed by atoms with Crippen LogP contribution >= 0.6 is 11.6 Å². The number of benzene rings is 1. The van der Waals surface area contributed by atoms with Crippen LogP contribution in [0.25, 0.3) is 0 Å². The number of nitrogens with zero attached hydrogens (tertiary/aromatic N) is 1. The van der Waals surface area contributed by atoms with Gasteiger partial charge >= 0.3 is 12.0 Å². The van der Waals surface area contributed by atoms with Gasteiger partial charge in [0.2, 0.25) is 0 Å². The molecule has 0 atom stereocenters. The third-order valence-corrected chi connectivity index (χ3v) is 3.01. The Kier molecular flexibility index (Phi) is 5.54. The topological polar surface area (TPSA) is 69.6 Å². The van der Waals surface area contributed by atoms with E-state index in [4.69, 9.17) is 16.7 Å². The Morgan fingerprint density at radius 1 is 1.38 bits per heavy atom. The molecule has 0 aliphatic heterocycles. The van der Waals surface area contributed by atoms with Crippen molar-refractivity contribution in [2.75, 3.05) is 11.9 Å². The zero-order valence-corrected chi connectivity index (χ0v) is 12.9. The lowest BCUT2D eigenvalue weighted by molar-refractivity contribution is -0.137. The molecule has 5 nitrogen and oxygen atoms in total. The van der Waals surface area contributed by atoms with Crippen LogP contribution in [0.3, 0.4) is 0 Å². The van der Waals surface area contributed by atoms with E-state index in [0.717, 1.165) is 6.07 Å². The summed E-state index contributed by atoms with van der Waals surface area (Å²) in [4.78, 5) is 24.2. The van der Waals surface area contributed by atoms with Crippen molar-refractivity contribution in [2.24, 2.45) is 0 Å². The highest BCUT2D eigenvalue weighted by Gasteiger charge is 2.27. The molecule has 0 saturated carbocycles. The standard InChI is InChI=1S/C14H18ClFN2O3/c1-14(2,3)18(7-6-12(19)20)13(21)17-11-5-4-9(15)8-10(11)16/h4-5,8H,6-7H2,1-3H3,(H,17,21)(H,19,20). The normalized spacial score (nSPS) is 11.1. The molecule has 0 aliphatic rings. The molecular weight excluding hydrogens is 299 g/mol. The fraction of sp³-hybridized carbons (Fsp3) is 0.429. The molecule has 116 valence electrons. The molecule has 0 radical (unpaired) electrons. The van der Waals surface area contributed by atoms with Gasteiger partial charge in [0.1, 0.15) is 5.82 Å². The number of aliphatic carboxylic acids is 1. The summed E-state index contributed by atoms with van der Waals surface area (Å²) in [6, 6.07) is 3.34. The minimum Gasteiger partial charge on any atom is -0.481 e. The zero-order chi connectivity index (χ0) is 16.2. The molecule has 0 aromatic heterocycles. The van der Waals surface area contributed by atoms with Crippen LogP contribution in [-0.2, 0) is 4.79 Å². The molecule has 2 amide bonds. The third kappa shape index (κ3) is 5.23. The third-order valence-electron chi connectivity index (χ3n) is 2.78. The molecule has 21 heavy (non-hydrogen) atoms. The SMILES string of the molecule is CC(C)(C)N(CCC(=O)O)C(=O)Nc1ccc(Cl)cc1F.